The van der Waals surface area contributed by atoms with Crippen LogP contribution in [-0.2, 0) is 9.53 Å². The van der Waals surface area contributed by atoms with Crippen LogP contribution in [0.1, 0.15) is 22.8 Å². The molecule has 0 bridgehead atoms. The van der Waals surface area contributed by atoms with Gasteiger partial charge in [0.25, 0.3) is 11.6 Å². The summed E-state index contributed by atoms with van der Waals surface area (Å²) in [5.74, 6) is 0.249. The Kier molecular flexibility index (Phi) is 8.26. The number of esters is 1. The summed E-state index contributed by atoms with van der Waals surface area (Å²) in [6.45, 7) is 3.08. The Labute approximate surface area is 205 Å². The summed E-state index contributed by atoms with van der Waals surface area (Å²) in [7, 11) is 3.04. The van der Waals surface area contributed by atoms with E-state index in [1.54, 1.807) is 37.4 Å². The number of anilines is 1. The van der Waals surface area contributed by atoms with Crippen molar-refractivity contribution in [2.45, 2.75) is 13.8 Å². The highest BCUT2D eigenvalue weighted by Gasteiger charge is 2.24. The Balaban J connectivity index is 1.82. The number of hydrogen-bond acceptors (Lipinski definition) is 9. The van der Waals surface area contributed by atoms with Crippen molar-refractivity contribution < 1.29 is 33.5 Å². The highest BCUT2D eigenvalue weighted by molar-refractivity contribution is 7.15. The maximum atomic E-state index is 12.8. The molecule has 1 N–H and O–H groups in total. The van der Waals surface area contributed by atoms with Crippen molar-refractivity contribution in [1.29, 1.82) is 0 Å². The average molecular weight is 501 g/mol. The van der Waals surface area contributed by atoms with Crippen LogP contribution in [-0.4, -0.2) is 44.2 Å². The minimum absolute atomic E-state index is 0.0397. The Morgan fingerprint density at radius 1 is 1.09 bits per heavy atom. The molecule has 35 heavy (non-hydrogen) atoms. The third-order valence-corrected chi connectivity index (χ3v) is 5.85. The number of ether oxygens (including phenoxy) is 4. The van der Waals surface area contributed by atoms with Crippen LogP contribution < -0.4 is 19.5 Å². The first kappa shape index (κ1) is 25.5. The van der Waals surface area contributed by atoms with E-state index in [0.29, 0.717) is 38.9 Å². The number of rotatable bonds is 10. The lowest BCUT2D eigenvalue weighted by Gasteiger charge is -2.12. The van der Waals surface area contributed by atoms with E-state index >= 15 is 0 Å². The summed E-state index contributed by atoms with van der Waals surface area (Å²) in [6, 6.07) is 9.45. The van der Waals surface area contributed by atoms with Gasteiger partial charge in [0.1, 0.15) is 16.3 Å². The Morgan fingerprint density at radius 2 is 1.83 bits per heavy atom. The molecule has 11 heteroatoms. The fourth-order valence-corrected chi connectivity index (χ4v) is 4.28. The van der Waals surface area contributed by atoms with Crippen LogP contribution in [0.25, 0.3) is 11.1 Å². The van der Waals surface area contributed by atoms with Crippen LogP contribution in [0.2, 0.25) is 0 Å². The monoisotopic (exact) mass is 500 g/mol. The number of carbonyl (C=O) groups excluding carboxylic acids is 2. The van der Waals surface area contributed by atoms with Crippen molar-refractivity contribution in [2.24, 2.45) is 0 Å². The topological polar surface area (TPSA) is 126 Å². The molecule has 3 aromatic rings. The number of carbonyl (C=O) groups is 2. The first-order valence-electron chi connectivity index (χ1n) is 10.5. The summed E-state index contributed by atoms with van der Waals surface area (Å²) in [4.78, 5) is 35.8. The van der Waals surface area contributed by atoms with Gasteiger partial charge < -0.3 is 24.3 Å². The summed E-state index contributed by atoms with van der Waals surface area (Å²) >= 11 is 1.17. The van der Waals surface area contributed by atoms with E-state index in [4.69, 9.17) is 18.9 Å². The van der Waals surface area contributed by atoms with Crippen LogP contribution in [0, 0.1) is 17.0 Å². The number of nitro benzene ring substituents is 1. The van der Waals surface area contributed by atoms with Crippen LogP contribution in [0.5, 0.6) is 17.2 Å². The van der Waals surface area contributed by atoms with E-state index in [-0.39, 0.29) is 24.5 Å². The smallest absolute Gasteiger partial charge is 0.341 e. The van der Waals surface area contributed by atoms with E-state index in [1.807, 2.05) is 0 Å². The van der Waals surface area contributed by atoms with Gasteiger partial charge in [-0.1, -0.05) is 6.07 Å². The lowest BCUT2D eigenvalue weighted by atomic mass is 10.0. The Hall–Kier alpha value is -4.12. The Bertz CT molecular complexity index is 1250. The molecule has 0 radical (unpaired) electrons. The molecule has 184 valence electrons. The lowest BCUT2D eigenvalue weighted by Crippen LogP contribution is -2.21. The normalized spacial score (nSPS) is 10.4. The number of benzene rings is 2. The number of methoxy groups -OCH3 is 2. The van der Waals surface area contributed by atoms with Crippen LogP contribution >= 0.6 is 11.3 Å². The summed E-state index contributed by atoms with van der Waals surface area (Å²) < 4.78 is 21.3. The van der Waals surface area contributed by atoms with Gasteiger partial charge in [-0.15, -0.1) is 11.3 Å². The molecule has 0 fully saturated rings. The molecule has 0 saturated carbocycles. The quantitative estimate of drug-likeness (QED) is 0.238. The number of hydrogen-bond donors (Lipinski definition) is 1. The van der Waals surface area contributed by atoms with E-state index in [2.05, 4.69) is 5.32 Å². The van der Waals surface area contributed by atoms with Crippen molar-refractivity contribution in [1.82, 2.24) is 0 Å². The molecule has 10 nitrogen and oxygen atoms in total. The first-order chi connectivity index (χ1) is 16.8. The van der Waals surface area contributed by atoms with E-state index in [0.717, 1.165) is 0 Å². The minimum Gasteiger partial charge on any atom is -0.493 e. The van der Waals surface area contributed by atoms with Gasteiger partial charge in [0.2, 0.25) is 0 Å². The fourth-order valence-electron chi connectivity index (χ4n) is 3.31. The van der Waals surface area contributed by atoms with Gasteiger partial charge in [-0.2, -0.15) is 0 Å². The molecule has 1 heterocycles. The number of aryl methyl sites for hydroxylation is 1. The molecule has 0 aliphatic carbocycles. The maximum Gasteiger partial charge on any atom is 0.341 e. The second kappa shape index (κ2) is 11.3. The van der Waals surface area contributed by atoms with Crippen molar-refractivity contribution >= 4 is 33.9 Å². The predicted octanol–water partition coefficient (Wildman–Crippen LogP) is 4.84. The Morgan fingerprint density at radius 3 is 2.46 bits per heavy atom. The lowest BCUT2D eigenvalue weighted by molar-refractivity contribution is -0.385. The standard InChI is InChI=1S/C24H24N2O8S/c1-5-33-24(28)22-17(15-6-9-19(31-3)20(11-15)32-4)13-35-23(22)25-21(27)12-34-16-7-8-18(26(29)30)14(2)10-16/h6-11,13H,5,12H2,1-4H3,(H,25,27). The number of nitro groups is 1. The molecule has 0 aliphatic heterocycles. The zero-order chi connectivity index (χ0) is 25.5. The van der Waals surface area contributed by atoms with Crippen molar-refractivity contribution in [3.8, 4) is 28.4 Å². The zero-order valence-corrected chi connectivity index (χ0v) is 20.4. The van der Waals surface area contributed by atoms with Crippen molar-refractivity contribution in [3.05, 3.63) is 63.0 Å². The van der Waals surface area contributed by atoms with Crippen LogP contribution in [0.4, 0.5) is 10.7 Å². The number of nitrogens with one attached hydrogen (secondary N) is 1. The van der Waals surface area contributed by atoms with Gasteiger partial charge in [-0.05, 0) is 43.7 Å². The molecule has 1 amide bonds. The maximum absolute atomic E-state index is 12.8. The van der Waals surface area contributed by atoms with Gasteiger partial charge in [-0.3, -0.25) is 14.9 Å². The molecule has 1 aromatic heterocycles. The highest BCUT2D eigenvalue weighted by Crippen LogP contribution is 2.39. The van der Waals surface area contributed by atoms with Gasteiger partial charge in [0.15, 0.2) is 18.1 Å². The number of thiophene rings is 1. The highest BCUT2D eigenvalue weighted by atomic mass is 32.1. The SMILES string of the molecule is CCOC(=O)c1c(-c2ccc(OC)c(OC)c2)csc1NC(=O)COc1ccc([N+](=O)[O-])c(C)c1. The van der Waals surface area contributed by atoms with Gasteiger partial charge in [0, 0.05) is 22.6 Å². The molecule has 2 aromatic carbocycles. The summed E-state index contributed by atoms with van der Waals surface area (Å²) in [5.41, 5.74) is 1.83. The molecular formula is C24H24N2O8S. The average Bonchev–Trinajstić information content (AvgIpc) is 3.25. The van der Waals surface area contributed by atoms with E-state index in [9.17, 15) is 19.7 Å². The van der Waals surface area contributed by atoms with E-state index in [1.165, 1.54) is 43.8 Å². The molecule has 0 atom stereocenters. The minimum atomic E-state index is -0.583. The third-order valence-electron chi connectivity index (χ3n) is 4.95. The first-order valence-corrected chi connectivity index (χ1v) is 11.4. The molecule has 0 aliphatic rings. The van der Waals surface area contributed by atoms with E-state index < -0.39 is 16.8 Å². The van der Waals surface area contributed by atoms with Gasteiger partial charge >= 0.3 is 5.97 Å². The van der Waals surface area contributed by atoms with Gasteiger partial charge in [0.05, 0.1) is 25.7 Å². The van der Waals surface area contributed by atoms with Gasteiger partial charge in [-0.25, -0.2) is 4.79 Å². The molecule has 0 unspecified atom stereocenters. The molecule has 3 rings (SSSR count). The predicted molar refractivity (Wildman–Crippen MR) is 131 cm³/mol. The summed E-state index contributed by atoms with van der Waals surface area (Å²) in [6.07, 6.45) is 0. The fraction of sp³-hybridized carbons (Fsp3) is 0.250. The largest absolute Gasteiger partial charge is 0.493 e. The van der Waals surface area contributed by atoms with Crippen molar-refractivity contribution in [3.63, 3.8) is 0 Å². The molecule has 0 saturated heterocycles. The van der Waals surface area contributed by atoms with Crippen molar-refractivity contribution in [2.75, 3.05) is 32.8 Å². The molecular weight excluding hydrogens is 476 g/mol. The number of nitrogens with zero attached hydrogens (tertiary/aromatic N) is 1. The van der Waals surface area contributed by atoms with Crippen LogP contribution in [0.15, 0.2) is 41.8 Å². The van der Waals surface area contributed by atoms with Crippen LogP contribution in [0.3, 0.4) is 0 Å². The second-order valence-electron chi connectivity index (χ2n) is 7.19. The number of amides is 1. The molecule has 0 spiro atoms. The summed E-state index contributed by atoms with van der Waals surface area (Å²) in [5, 5.41) is 15.7. The third kappa shape index (κ3) is 5.87. The second-order valence-corrected chi connectivity index (χ2v) is 8.07. The zero-order valence-electron chi connectivity index (χ0n) is 19.6.